The molecule has 0 unspecified atom stereocenters. The Morgan fingerprint density at radius 2 is 1.90 bits per heavy atom. The van der Waals surface area contributed by atoms with E-state index >= 15 is 0 Å². The van der Waals surface area contributed by atoms with Crippen LogP contribution in [0.25, 0.3) is 0 Å². The third kappa shape index (κ3) is 3.07. The van der Waals surface area contributed by atoms with E-state index in [0.717, 1.165) is 37.2 Å². The van der Waals surface area contributed by atoms with E-state index in [1.54, 1.807) is 6.92 Å². The van der Waals surface area contributed by atoms with Crippen LogP contribution < -0.4 is 4.90 Å². The molecule has 0 aliphatic carbocycles. The van der Waals surface area contributed by atoms with E-state index in [9.17, 15) is 5.11 Å². The average molecular weight is 302 g/mol. The van der Waals surface area contributed by atoms with Crippen LogP contribution >= 0.6 is 11.6 Å². The Morgan fingerprint density at radius 1 is 1.14 bits per heavy atom. The van der Waals surface area contributed by atoms with Crippen molar-refractivity contribution in [2.24, 2.45) is 0 Å². The number of halogens is 1. The van der Waals surface area contributed by atoms with Crippen molar-refractivity contribution in [1.29, 1.82) is 0 Å². The molecule has 1 aliphatic heterocycles. The zero-order chi connectivity index (χ0) is 14.8. The average Bonchev–Trinajstić information content (AvgIpc) is 2.69. The van der Waals surface area contributed by atoms with Crippen LogP contribution in [0.3, 0.4) is 0 Å². The zero-order valence-corrected chi connectivity index (χ0v) is 13.0. The molecule has 1 aliphatic rings. The van der Waals surface area contributed by atoms with Crippen molar-refractivity contribution in [2.45, 2.75) is 32.4 Å². The van der Waals surface area contributed by atoms with Crippen LogP contribution in [0, 0.1) is 0 Å². The number of anilines is 1. The fourth-order valence-electron chi connectivity index (χ4n) is 2.95. The summed E-state index contributed by atoms with van der Waals surface area (Å²) in [5, 5.41) is 10.4. The standard InChI is InChI=1S/C18H20ClNO/c1-13(21)15-8-9-18(17(19)11-15)20-10-4-7-14-5-2-3-6-16(14)12-20/h2-3,5-6,8-9,11,13,21H,4,7,10,12H2,1H3/t13-/m0/s1. The van der Waals surface area contributed by atoms with Gasteiger partial charge < -0.3 is 10.0 Å². The number of aliphatic hydroxyl groups is 1. The molecule has 0 bridgehead atoms. The number of aliphatic hydroxyl groups excluding tert-OH is 1. The first kappa shape index (κ1) is 14.4. The minimum atomic E-state index is -0.485. The molecule has 1 atom stereocenters. The SMILES string of the molecule is C[C@H](O)c1ccc(N2CCCc3ccccc3C2)c(Cl)c1. The third-order valence-electron chi connectivity index (χ3n) is 4.15. The number of hydrogen-bond donors (Lipinski definition) is 1. The lowest BCUT2D eigenvalue weighted by atomic mass is 10.0. The second kappa shape index (κ2) is 6.08. The summed E-state index contributed by atoms with van der Waals surface area (Å²) in [6, 6.07) is 14.5. The molecule has 1 N–H and O–H groups in total. The number of rotatable bonds is 2. The Balaban J connectivity index is 1.91. The molecule has 1 heterocycles. The molecular formula is C18H20ClNO. The lowest BCUT2D eigenvalue weighted by molar-refractivity contribution is 0.199. The van der Waals surface area contributed by atoms with Crippen molar-refractivity contribution >= 4 is 17.3 Å². The van der Waals surface area contributed by atoms with Gasteiger partial charge in [0.2, 0.25) is 0 Å². The Bertz CT molecular complexity index is 639. The summed E-state index contributed by atoms with van der Waals surface area (Å²) < 4.78 is 0. The van der Waals surface area contributed by atoms with Gasteiger partial charge in [0.1, 0.15) is 0 Å². The Kier molecular flexibility index (Phi) is 4.18. The van der Waals surface area contributed by atoms with Gasteiger partial charge in [-0.3, -0.25) is 0 Å². The first-order valence-electron chi connectivity index (χ1n) is 7.44. The maximum Gasteiger partial charge on any atom is 0.0762 e. The molecule has 2 nitrogen and oxygen atoms in total. The van der Waals surface area contributed by atoms with Gasteiger partial charge in [-0.25, -0.2) is 0 Å². The molecule has 0 fully saturated rings. The molecule has 110 valence electrons. The van der Waals surface area contributed by atoms with Gasteiger partial charge in [0, 0.05) is 13.1 Å². The largest absolute Gasteiger partial charge is 0.389 e. The Labute approximate surface area is 131 Å². The predicted molar refractivity (Wildman–Crippen MR) is 87.9 cm³/mol. The summed E-state index contributed by atoms with van der Waals surface area (Å²) in [6.45, 7) is 3.65. The lowest BCUT2D eigenvalue weighted by Gasteiger charge is -2.25. The summed E-state index contributed by atoms with van der Waals surface area (Å²) in [5.74, 6) is 0. The molecule has 0 radical (unpaired) electrons. The highest BCUT2D eigenvalue weighted by Gasteiger charge is 2.17. The summed E-state index contributed by atoms with van der Waals surface area (Å²) in [5.41, 5.74) is 4.74. The van der Waals surface area contributed by atoms with Crippen LogP contribution in [0.4, 0.5) is 5.69 Å². The molecule has 3 rings (SSSR count). The van der Waals surface area contributed by atoms with E-state index in [1.807, 2.05) is 18.2 Å². The van der Waals surface area contributed by atoms with Crippen molar-refractivity contribution in [2.75, 3.05) is 11.4 Å². The minimum absolute atomic E-state index is 0.485. The number of fused-ring (bicyclic) bond motifs is 1. The van der Waals surface area contributed by atoms with Crippen molar-refractivity contribution in [1.82, 2.24) is 0 Å². The molecule has 2 aromatic rings. The molecule has 0 aromatic heterocycles. The second-order valence-electron chi connectivity index (χ2n) is 5.68. The first-order valence-corrected chi connectivity index (χ1v) is 7.82. The second-order valence-corrected chi connectivity index (χ2v) is 6.09. The summed E-state index contributed by atoms with van der Waals surface area (Å²) in [7, 11) is 0. The smallest absolute Gasteiger partial charge is 0.0762 e. The zero-order valence-electron chi connectivity index (χ0n) is 12.2. The van der Waals surface area contributed by atoms with Gasteiger partial charge in [0.05, 0.1) is 16.8 Å². The highest BCUT2D eigenvalue weighted by atomic mass is 35.5. The van der Waals surface area contributed by atoms with E-state index in [2.05, 4.69) is 29.2 Å². The van der Waals surface area contributed by atoms with Crippen LogP contribution in [0.1, 0.15) is 36.1 Å². The molecule has 0 saturated heterocycles. The van der Waals surface area contributed by atoms with Gasteiger partial charge in [-0.15, -0.1) is 0 Å². The fraction of sp³-hybridized carbons (Fsp3) is 0.333. The predicted octanol–water partition coefficient (Wildman–Crippen LogP) is 4.35. The first-order chi connectivity index (χ1) is 10.1. The summed E-state index contributed by atoms with van der Waals surface area (Å²) >= 11 is 6.43. The number of nitrogens with zero attached hydrogens (tertiary/aromatic N) is 1. The van der Waals surface area contributed by atoms with E-state index < -0.39 is 6.10 Å². The van der Waals surface area contributed by atoms with Gasteiger partial charge in [-0.1, -0.05) is 41.9 Å². The van der Waals surface area contributed by atoms with Crippen LogP contribution in [0.15, 0.2) is 42.5 Å². The van der Waals surface area contributed by atoms with Gasteiger partial charge in [0.25, 0.3) is 0 Å². The molecule has 3 heteroatoms. The van der Waals surface area contributed by atoms with Crippen LogP contribution in [0.2, 0.25) is 5.02 Å². The quantitative estimate of drug-likeness (QED) is 0.891. The highest BCUT2D eigenvalue weighted by Crippen LogP contribution is 2.32. The number of benzene rings is 2. The monoisotopic (exact) mass is 301 g/mol. The molecular weight excluding hydrogens is 282 g/mol. The maximum absolute atomic E-state index is 9.65. The van der Waals surface area contributed by atoms with Crippen LogP contribution in [-0.2, 0) is 13.0 Å². The molecule has 0 saturated carbocycles. The summed E-state index contributed by atoms with van der Waals surface area (Å²) in [4.78, 5) is 2.33. The van der Waals surface area contributed by atoms with Crippen LogP contribution in [0.5, 0.6) is 0 Å². The van der Waals surface area contributed by atoms with Gasteiger partial charge >= 0.3 is 0 Å². The van der Waals surface area contributed by atoms with Gasteiger partial charge in [-0.2, -0.15) is 0 Å². The fourth-order valence-corrected chi connectivity index (χ4v) is 3.25. The van der Waals surface area contributed by atoms with Crippen molar-refractivity contribution in [3.63, 3.8) is 0 Å². The number of aryl methyl sites for hydroxylation is 1. The van der Waals surface area contributed by atoms with Crippen molar-refractivity contribution in [3.8, 4) is 0 Å². The lowest BCUT2D eigenvalue weighted by Crippen LogP contribution is -2.22. The normalized spacial score (nSPS) is 16.2. The van der Waals surface area contributed by atoms with Gasteiger partial charge in [-0.05, 0) is 48.6 Å². The van der Waals surface area contributed by atoms with E-state index in [1.165, 1.54) is 11.1 Å². The van der Waals surface area contributed by atoms with Crippen LogP contribution in [-0.4, -0.2) is 11.7 Å². The Hall–Kier alpha value is -1.51. The summed E-state index contributed by atoms with van der Waals surface area (Å²) in [6.07, 6.45) is 1.77. The molecule has 0 spiro atoms. The van der Waals surface area contributed by atoms with E-state index in [4.69, 9.17) is 11.6 Å². The third-order valence-corrected chi connectivity index (χ3v) is 4.45. The molecule has 0 amide bonds. The Morgan fingerprint density at radius 3 is 2.62 bits per heavy atom. The molecule has 21 heavy (non-hydrogen) atoms. The highest BCUT2D eigenvalue weighted by molar-refractivity contribution is 6.33. The maximum atomic E-state index is 9.65. The minimum Gasteiger partial charge on any atom is -0.389 e. The molecule has 2 aromatic carbocycles. The van der Waals surface area contributed by atoms with E-state index in [-0.39, 0.29) is 0 Å². The van der Waals surface area contributed by atoms with Gasteiger partial charge in [0.15, 0.2) is 0 Å². The van der Waals surface area contributed by atoms with E-state index in [0.29, 0.717) is 5.02 Å². The topological polar surface area (TPSA) is 23.5 Å². The van der Waals surface area contributed by atoms with Crippen molar-refractivity contribution < 1.29 is 5.11 Å². The van der Waals surface area contributed by atoms with Crippen molar-refractivity contribution in [3.05, 3.63) is 64.2 Å². The number of hydrogen-bond acceptors (Lipinski definition) is 2.